The van der Waals surface area contributed by atoms with Gasteiger partial charge in [-0.15, -0.1) is 0 Å². The van der Waals surface area contributed by atoms with Crippen LogP contribution in [0.1, 0.15) is 71.1 Å². The lowest BCUT2D eigenvalue weighted by Gasteiger charge is -2.44. The van der Waals surface area contributed by atoms with Gasteiger partial charge in [-0.2, -0.15) is 0 Å². The highest BCUT2D eigenvalue weighted by Crippen LogP contribution is 2.30. The fraction of sp³-hybridized carbons (Fsp3) is 1.00. The van der Waals surface area contributed by atoms with Crippen LogP contribution in [0.5, 0.6) is 0 Å². The molecule has 2 aliphatic rings. The zero-order chi connectivity index (χ0) is 13.7. The highest BCUT2D eigenvalue weighted by atomic mass is 16.3. The molecule has 0 aromatic rings. The van der Waals surface area contributed by atoms with E-state index in [0.717, 1.165) is 6.54 Å². The molecule has 0 spiro atoms. The van der Waals surface area contributed by atoms with Gasteiger partial charge in [-0.25, -0.2) is 0 Å². The molecule has 3 N–H and O–H groups in total. The fourth-order valence-corrected chi connectivity index (χ4v) is 3.85. The van der Waals surface area contributed by atoms with Crippen LogP contribution in [-0.4, -0.2) is 40.8 Å². The zero-order valence-electron chi connectivity index (χ0n) is 12.6. The Labute approximate surface area is 118 Å². The standard InChI is InChI=1S/C16H32N2O/c1-16(17,13-19)12-18(14-8-4-2-5-9-14)15-10-6-3-7-11-15/h14-15,19H,2-13,17H2,1H3. The van der Waals surface area contributed by atoms with Crippen molar-refractivity contribution in [3.05, 3.63) is 0 Å². The van der Waals surface area contributed by atoms with E-state index < -0.39 is 5.54 Å². The molecule has 2 rings (SSSR count). The van der Waals surface area contributed by atoms with Crippen molar-refractivity contribution < 1.29 is 5.11 Å². The molecule has 0 aromatic heterocycles. The van der Waals surface area contributed by atoms with Gasteiger partial charge in [-0.05, 0) is 32.6 Å². The summed E-state index contributed by atoms with van der Waals surface area (Å²) in [5, 5.41) is 9.49. The van der Waals surface area contributed by atoms with Crippen LogP contribution in [0, 0.1) is 0 Å². The summed E-state index contributed by atoms with van der Waals surface area (Å²) in [4.78, 5) is 2.68. The molecule has 0 aliphatic heterocycles. The largest absolute Gasteiger partial charge is 0.394 e. The van der Waals surface area contributed by atoms with E-state index in [0.29, 0.717) is 12.1 Å². The second-order valence-electron chi connectivity index (χ2n) is 7.07. The van der Waals surface area contributed by atoms with Crippen LogP contribution in [0.2, 0.25) is 0 Å². The summed E-state index contributed by atoms with van der Waals surface area (Å²) in [6.07, 6.45) is 13.6. The molecule has 2 fully saturated rings. The smallest absolute Gasteiger partial charge is 0.0621 e. The number of aliphatic hydroxyl groups excluding tert-OH is 1. The van der Waals surface area contributed by atoms with Gasteiger partial charge in [-0.1, -0.05) is 38.5 Å². The van der Waals surface area contributed by atoms with Crippen molar-refractivity contribution in [3.8, 4) is 0 Å². The molecule has 1 unspecified atom stereocenters. The number of rotatable bonds is 5. The Morgan fingerprint density at radius 1 is 0.947 bits per heavy atom. The first kappa shape index (κ1) is 15.3. The lowest BCUT2D eigenvalue weighted by Crippen LogP contribution is -2.56. The van der Waals surface area contributed by atoms with E-state index in [9.17, 15) is 5.11 Å². The molecular weight excluding hydrogens is 236 g/mol. The second-order valence-corrected chi connectivity index (χ2v) is 7.07. The van der Waals surface area contributed by atoms with Gasteiger partial charge in [0.1, 0.15) is 0 Å². The van der Waals surface area contributed by atoms with E-state index in [-0.39, 0.29) is 6.61 Å². The van der Waals surface area contributed by atoms with Crippen LogP contribution in [0.25, 0.3) is 0 Å². The molecule has 3 nitrogen and oxygen atoms in total. The van der Waals surface area contributed by atoms with Crippen LogP contribution >= 0.6 is 0 Å². The Bertz CT molecular complexity index is 237. The van der Waals surface area contributed by atoms with Gasteiger partial charge < -0.3 is 10.8 Å². The van der Waals surface area contributed by atoms with Gasteiger partial charge in [0.2, 0.25) is 0 Å². The van der Waals surface area contributed by atoms with Crippen LogP contribution < -0.4 is 5.73 Å². The Kier molecular flexibility index (Phi) is 5.67. The highest BCUT2D eigenvalue weighted by molar-refractivity contribution is 4.90. The molecule has 0 heterocycles. The second kappa shape index (κ2) is 7.05. The minimum Gasteiger partial charge on any atom is -0.394 e. The molecule has 1 atom stereocenters. The minimum absolute atomic E-state index is 0.0862. The van der Waals surface area contributed by atoms with Crippen molar-refractivity contribution in [2.75, 3.05) is 13.2 Å². The van der Waals surface area contributed by atoms with Crippen LogP contribution in [0.15, 0.2) is 0 Å². The third kappa shape index (κ3) is 4.44. The molecule has 19 heavy (non-hydrogen) atoms. The quantitative estimate of drug-likeness (QED) is 0.806. The van der Waals surface area contributed by atoms with Crippen molar-refractivity contribution in [2.45, 2.75) is 88.8 Å². The molecule has 0 aromatic carbocycles. The SMILES string of the molecule is CC(N)(CO)CN(C1CCCCC1)C1CCCCC1. The maximum atomic E-state index is 9.49. The number of hydrogen-bond donors (Lipinski definition) is 2. The van der Waals surface area contributed by atoms with Gasteiger partial charge in [0, 0.05) is 24.2 Å². The Balaban J connectivity index is 2.02. The number of aliphatic hydroxyl groups is 1. The molecule has 112 valence electrons. The van der Waals surface area contributed by atoms with E-state index >= 15 is 0 Å². The van der Waals surface area contributed by atoms with Gasteiger partial charge in [0.15, 0.2) is 0 Å². The Morgan fingerprint density at radius 3 is 1.74 bits per heavy atom. The summed E-state index contributed by atoms with van der Waals surface area (Å²) in [6.45, 7) is 2.94. The van der Waals surface area contributed by atoms with E-state index in [4.69, 9.17) is 5.73 Å². The maximum Gasteiger partial charge on any atom is 0.0621 e. The first-order valence-electron chi connectivity index (χ1n) is 8.28. The summed E-state index contributed by atoms with van der Waals surface area (Å²) < 4.78 is 0. The predicted octanol–water partition coefficient (Wildman–Crippen LogP) is 2.66. The molecule has 2 aliphatic carbocycles. The number of hydrogen-bond acceptors (Lipinski definition) is 3. The third-order valence-electron chi connectivity index (χ3n) is 4.99. The third-order valence-corrected chi connectivity index (χ3v) is 4.99. The van der Waals surface area contributed by atoms with Gasteiger partial charge in [0.25, 0.3) is 0 Å². The average molecular weight is 268 g/mol. The van der Waals surface area contributed by atoms with Crippen molar-refractivity contribution in [3.63, 3.8) is 0 Å². The summed E-state index contributed by atoms with van der Waals surface area (Å²) in [7, 11) is 0. The van der Waals surface area contributed by atoms with Crippen molar-refractivity contribution in [1.82, 2.24) is 4.90 Å². The summed E-state index contributed by atoms with van der Waals surface area (Å²) in [6, 6.07) is 1.43. The summed E-state index contributed by atoms with van der Waals surface area (Å²) >= 11 is 0. The van der Waals surface area contributed by atoms with Crippen LogP contribution in [0.4, 0.5) is 0 Å². The molecule has 3 heteroatoms. The molecule has 2 saturated carbocycles. The molecule has 0 bridgehead atoms. The summed E-state index contributed by atoms with van der Waals surface area (Å²) in [5.41, 5.74) is 5.79. The Morgan fingerprint density at radius 2 is 1.37 bits per heavy atom. The average Bonchev–Trinajstić information content (AvgIpc) is 2.47. The highest BCUT2D eigenvalue weighted by Gasteiger charge is 2.32. The van der Waals surface area contributed by atoms with E-state index in [1.165, 1.54) is 64.2 Å². The minimum atomic E-state index is -0.450. The van der Waals surface area contributed by atoms with Crippen LogP contribution in [-0.2, 0) is 0 Å². The first-order valence-corrected chi connectivity index (χ1v) is 8.28. The number of nitrogens with zero attached hydrogens (tertiary/aromatic N) is 1. The lowest BCUT2D eigenvalue weighted by atomic mass is 9.87. The molecule has 0 saturated heterocycles. The zero-order valence-corrected chi connectivity index (χ0v) is 12.6. The fourth-order valence-electron chi connectivity index (χ4n) is 3.85. The van der Waals surface area contributed by atoms with Gasteiger partial charge in [-0.3, -0.25) is 4.90 Å². The topological polar surface area (TPSA) is 49.5 Å². The maximum absolute atomic E-state index is 9.49. The monoisotopic (exact) mass is 268 g/mol. The van der Waals surface area contributed by atoms with Crippen molar-refractivity contribution >= 4 is 0 Å². The molecule has 0 amide bonds. The normalized spacial score (nSPS) is 26.5. The summed E-state index contributed by atoms with van der Waals surface area (Å²) in [5.74, 6) is 0. The number of nitrogens with two attached hydrogens (primary N) is 1. The molecule has 0 radical (unpaired) electrons. The first-order chi connectivity index (χ1) is 9.12. The Hall–Kier alpha value is -0.120. The van der Waals surface area contributed by atoms with E-state index in [1.54, 1.807) is 0 Å². The van der Waals surface area contributed by atoms with E-state index in [2.05, 4.69) is 4.90 Å². The van der Waals surface area contributed by atoms with Crippen LogP contribution in [0.3, 0.4) is 0 Å². The lowest BCUT2D eigenvalue weighted by molar-refractivity contribution is 0.0458. The predicted molar refractivity (Wildman–Crippen MR) is 80.1 cm³/mol. The molecular formula is C16H32N2O. The van der Waals surface area contributed by atoms with Gasteiger partial charge >= 0.3 is 0 Å². The van der Waals surface area contributed by atoms with Crippen molar-refractivity contribution in [1.29, 1.82) is 0 Å². The van der Waals surface area contributed by atoms with Gasteiger partial charge in [0.05, 0.1) is 6.61 Å². The van der Waals surface area contributed by atoms with E-state index in [1.807, 2.05) is 6.92 Å². The van der Waals surface area contributed by atoms with Crippen molar-refractivity contribution in [2.24, 2.45) is 5.73 Å².